The zero-order valence-electron chi connectivity index (χ0n) is 8.48. The first-order chi connectivity index (χ1) is 6.52. The Morgan fingerprint density at radius 3 is 2.64 bits per heavy atom. The molecule has 0 aromatic rings. The average Bonchev–Trinajstić information content (AvgIpc) is 2.03. The van der Waals surface area contributed by atoms with E-state index in [9.17, 15) is 8.42 Å². The summed E-state index contributed by atoms with van der Waals surface area (Å²) >= 11 is 0. The molecular weight excluding hydrogens is 206 g/mol. The number of aliphatic hydroxyl groups is 1. The van der Waals surface area contributed by atoms with Crippen molar-refractivity contribution in [3.8, 4) is 0 Å². The molecule has 1 unspecified atom stereocenters. The Morgan fingerprint density at radius 2 is 2.14 bits per heavy atom. The molecule has 0 aliphatic rings. The predicted octanol–water partition coefficient (Wildman–Crippen LogP) is -0.853. The molecule has 0 bridgehead atoms. The lowest BCUT2D eigenvalue weighted by atomic mass is 10.3. The second-order valence-corrected chi connectivity index (χ2v) is 5.46. The van der Waals surface area contributed by atoms with Gasteiger partial charge in [-0.05, 0) is 12.8 Å². The quantitative estimate of drug-likeness (QED) is 0.525. The molecule has 0 fully saturated rings. The van der Waals surface area contributed by atoms with Crippen molar-refractivity contribution >= 4 is 9.84 Å². The van der Waals surface area contributed by atoms with Crippen molar-refractivity contribution in [3.05, 3.63) is 0 Å². The van der Waals surface area contributed by atoms with Crippen LogP contribution in [0.5, 0.6) is 0 Å². The van der Waals surface area contributed by atoms with Crippen LogP contribution in [0.2, 0.25) is 0 Å². The highest BCUT2D eigenvalue weighted by molar-refractivity contribution is 7.91. The number of nitrogens with two attached hydrogens (primary N) is 1. The highest BCUT2D eigenvalue weighted by atomic mass is 32.2. The summed E-state index contributed by atoms with van der Waals surface area (Å²) in [4.78, 5) is 0. The maximum Gasteiger partial charge on any atom is 0.151 e. The van der Waals surface area contributed by atoms with E-state index in [4.69, 9.17) is 15.6 Å². The van der Waals surface area contributed by atoms with E-state index in [-0.39, 0.29) is 18.1 Å². The lowest BCUT2D eigenvalue weighted by molar-refractivity contribution is 0.199. The molecule has 0 aromatic heterocycles. The fourth-order valence-electron chi connectivity index (χ4n) is 1.08. The second-order valence-electron chi connectivity index (χ2n) is 3.23. The number of aliphatic hydroxyl groups excluding tert-OH is 1. The van der Waals surface area contributed by atoms with Crippen LogP contribution in [-0.2, 0) is 14.6 Å². The SMILES string of the molecule is COCCCS(=O)(=O)CC(N)CCO. The van der Waals surface area contributed by atoms with E-state index in [2.05, 4.69) is 0 Å². The van der Waals surface area contributed by atoms with Gasteiger partial charge in [-0.25, -0.2) is 8.42 Å². The first kappa shape index (κ1) is 13.8. The number of sulfone groups is 1. The van der Waals surface area contributed by atoms with Gasteiger partial charge in [0.1, 0.15) is 0 Å². The van der Waals surface area contributed by atoms with Crippen LogP contribution >= 0.6 is 0 Å². The summed E-state index contributed by atoms with van der Waals surface area (Å²) in [5.41, 5.74) is 5.50. The van der Waals surface area contributed by atoms with E-state index in [0.717, 1.165) is 0 Å². The molecule has 0 amide bonds. The molecule has 6 heteroatoms. The van der Waals surface area contributed by atoms with Crippen LogP contribution in [0.15, 0.2) is 0 Å². The molecule has 0 radical (unpaired) electrons. The molecule has 0 aliphatic heterocycles. The topological polar surface area (TPSA) is 89.6 Å². The first-order valence-electron chi connectivity index (χ1n) is 4.57. The van der Waals surface area contributed by atoms with Gasteiger partial charge in [0.25, 0.3) is 0 Å². The highest BCUT2D eigenvalue weighted by Gasteiger charge is 2.15. The van der Waals surface area contributed by atoms with Gasteiger partial charge in [0.15, 0.2) is 9.84 Å². The fraction of sp³-hybridized carbons (Fsp3) is 1.00. The van der Waals surface area contributed by atoms with Gasteiger partial charge >= 0.3 is 0 Å². The van der Waals surface area contributed by atoms with E-state index in [1.165, 1.54) is 7.11 Å². The third-order valence-corrected chi connectivity index (χ3v) is 3.62. The summed E-state index contributed by atoms with van der Waals surface area (Å²) in [6, 6.07) is -0.465. The number of hydrogen-bond donors (Lipinski definition) is 2. The largest absolute Gasteiger partial charge is 0.396 e. The lowest BCUT2D eigenvalue weighted by Gasteiger charge is -2.10. The first-order valence-corrected chi connectivity index (χ1v) is 6.40. The molecular formula is C8H19NO4S. The minimum atomic E-state index is -3.09. The molecule has 0 aromatic carbocycles. The zero-order valence-corrected chi connectivity index (χ0v) is 9.29. The highest BCUT2D eigenvalue weighted by Crippen LogP contribution is 1.99. The molecule has 0 spiro atoms. The second kappa shape index (κ2) is 7.17. The van der Waals surface area contributed by atoms with Crippen molar-refractivity contribution < 1.29 is 18.3 Å². The van der Waals surface area contributed by atoms with E-state index in [0.29, 0.717) is 19.4 Å². The predicted molar refractivity (Wildman–Crippen MR) is 54.8 cm³/mol. The van der Waals surface area contributed by atoms with Crippen LogP contribution in [0.3, 0.4) is 0 Å². The summed E-state index contributed by atoms with van der Waals surface area (Å²) in [5.74, 6) is 0.0389. The summed E-state index contributed by atoms with van der Waals surface area (Å²) in [7, 11) is -1.56. The molecule has 3 N–H and O–H groups in total. The van der Waals surface area contributed by atoms with E-state index >= 15 is 0 Å². The maximum atomic E-state index is 11.4. The van der Waals surface area contributed by atoms with Crippen molar-refractivity contribution in [2.45, 2.75) is 18.9 Å². The van der Waals surface area contributed by atoms with Crippen LogP contribution in [0.25, 0.3) is 0 Å². The van der Waals surface area contributed by atoms with Gasteiger partial charge < -0.3 is 15.6 Å². The van der Waals surface area contributed by atoms with E-state index in [1.54, 1.807) is 0 Å². The monoisotopic (exact) mass is 225 g/mol. The normalized spacial score (nSPS) is 14.2. The van der Waals surface area contributed by atoms with Crippen LogP contribution in [0.4, 0.5) is 0 Å². The molecule has 0 aliphatic carbocycles. The standard InChI is InChI=1S/C8H19NO4S/c1-13-5-2-6-14(11,12)7-8(9)3-4-10/h8,10H,2-7,9H2,1H3. The summed E-state index contributed by atoms with van der Waals surface area (Å²) < 4.78 is 27.5. The van der Waals surface area contributed by atoms with Gasteiger partial charge in [-0.3, -0.25) is 0 Å². The Kier molecular flexibility index (Phi) is 7.08. The third kappa shape index (κ3) is 7.25. The number of ether oxygens (including phenoxy) is 1. The van der Waals surface area contributed by atoms with Crippen molar-refractivity contribution in [1.29, 1.82) is 0 Å². The van der Waals surface area contributed by atoms with Gasteiger partial charge in [-0.15, -0.1) is 0 Å². The zero-order chi connectivity index (χ0) is 11.0. The Bertz CT molecular complexity index is 227. The number of methoxy groups -OCH3 is 1. The van der Waals surface area contributed by atoms with Gasteiger partial charge in [0, 0.05) is 26.4 Å². The molecule has 0 rings (SSSR count). The average molecular weight is 225 g/mol. The Morgan fingerprint density at radius 1 is 1.50 bits per heavy atom. The van der Waals surface area contributed by atoms with Gasteiger partial charge in [0.05, 0.1) is 11.5 Å². The van der Waals surface area contributed by atoms with Crippen LogP contribution in [-0.4, -0.2) is 51.4 Å². The molecule has 14 heavy (non-hydrogen) atoms. The smallest absolute Gasteiger partial charge is 0.151 e. The molecule has 0 saturated heterocycles. The minimum absolute atomic E-state index is 0.0583. The van der Waals surface area contributed by atoms with Gasteiger partial charge in [0.2, 0.25) is 0 Å². The van der Waals surface area contributed by atoms with Crippen molar-refractivity contribution in [2.75, 3.05) is 31.8 Å². The molecule has 5 nitrogen and oxygen atoms in total. The summed E-state index contributed by atoms with van der Waals surface area (Å²) in [6.07, 6.45) is 0.814. The van der Waals surface area contributed by atoms with Crippen LogP contribution in [0, 0.1) is 0 Å². The van der Waals surface area contributed by atoms with Crippen molar-refractivity contribution in [3.63, 3.8) is 0 Å². The van der Waals surface area contributed by atoms with E-state index in [1.807, 2.05) is 0 Å². The van der Waals surface area contributed by atoms with Gasteiger partial charge in [-0.1, -0.05) is 0 Å². The van der Waals surface area contributed by atoms with Crippen LogP contribution < -0.4 is 5.73 Å². The molecule has 86 valence electrons. The molecule has 0 saturated carbocycles. The summed E-state index contributed by atoms with van der Waals surface area (Å²) in [6.45, 7) is 0.364. The lowest BCUT2D eigenvalue weighted by Crippen LogP contribution is -2.31. The van der Waals surface area contributed by atoms with Crippen molar-refractivity contribution in [1.82, 2.24) is 0 Å². The Balaban J connectivity index is 3.82. The van der Waals surface area contributed by atoms with Gasteiger partial charge in [-0.2, -0.15) is 0 Å². The Hall–Kier alpha value is -0.170. The summed E-state index contributed by atoms with van der Waals surface area (Å²) in [5, 5.41) is 8.55. The fourth-order valence-corrected chi connectivity index (χ4v) is 2.63. The Labute approximate surface area is 85.2 Å². The molecule has 0 heterocycles. The van der Waals surface area contributed by atoms with E-state index < -0.39 is 15.9 Å². The van der Waals surface area contributed by atoms with Crippen molar-refractivity contribution in [2.24, 2.45) is 5.73 Å². The number of rotatable bonds is 8. The number of hydrogen-bond acceptors (Lipinski definition) is 5. The van der Waals surface area contributed by atoms with Crippen LogP contribution in [0.1, 0.15) is 12.8 Å². The minimum Gasteiger partial charge on any atom is -0.396 e. The maximum absolute atomic E-state index is 11.4. The molecule has 1 atom stereocenters. The third-order valence-electron chi connectivity index (χ3n) is 1.77.